The fraction of sp³-hybridized carbons (Fsp3) is 0. The van der Waals surface area contributed by atoms with Crippen molar-refractivity contribution in [3.63, 3.8) is 0 Å². The van der Waals surface area contributed by atoms with E-state index in [0.29, 0.717) is 11.1 Å². The van der Waals surface area contributed by atoms with Gasteiger partial charge in [-0.25, -0.2) is 0 Å². The summed E-state index contributed by atoms with van der Waals surface area (Å²) in [6.45, 7) is 0. The van der Waals surface area contributed by atoms with Crippen LogP contribution in [0.2, 0.25) is 0 Å². The van der Waals surface area contributed by atoms with Gasteiger partial charge in [0.15, 0.2) is 0 Å². The molecular weight excluding hydrogens is 649 g/mol. The van der Waals surface area contributed by atoms with Crippen molar-refractivity contribution < 1.29 is 4.42 Å². The van der Waals surface area contributed by atoms with Crippen molar-refractivity contribution >= 4 is 76.3 Å². The Balaban J connectivity index is 1.17. The zero-order chi connectivity index (χ0) is 35.2. The van der Waals surface area contributed by atoms with Crippen molar-refractivity contribution in [2.75, 3.05) is 0 Å². The van der Waals surface area contributed by atoms with Gasteiger partial charge in [0.25, 0.3) is 0 Å². The van der Waals surface area contributed by atoms with Gasteiger partial charge >= 0.3 is 0 Å². The van der Waals surface area contributed by atoms with Crippen LogP contribution in [-0.2, 0) is 0 Å². The van der Waals surface area contributed by atoms with E-state index in [4.69, 9.17) is 4.42 Å². The molecule has 0 saturated carbocycles. The molecule has 5 heteroatoms. The molecule has 0 aliphatic heterocycles. The predicted octanol–water partition coefficient (Wildman–Crippen LogP) is 12.3. The largest absolute Gasteiger partial charge is 0.455 e. The lowest BCUT2D eigenvalue weighted by atomic mass is 10.00. The minimum Gasteiger partial charge on any atom is -0.455 e. The highest BCUT2D eigenvalue weighted by Gasteiger charge is 2.23. The second kappa shape index (κ2) is 10.9. The number of aromatic nitrogens is 2. The quantitative estimate of drug-likeness (QED) is 0.187. The lowest BCUT2D eigenvalue weighted by molar-refractivity contribution is 0.677. The molecule has 0 bridgehead atoms. The second-order valence-electron chi connectivity index (χ2n) is 13.5. The Kier molecular flexibility index (Phi) is 6.02. The molecular formula is C48H26N4O. The Labute approximate surface area is 303 Å². The Morgan fingerprint density at radius 2 is 1.02 bits per heavy atom. The first-order valence-corrected chi connectivity index (χ1v) is 17.6. The van der Waals surface area contributed by atoms with Crippen LogP contribution in [0.3, 0.4) is 0 Å². The summed E-state index contributed by atoms with van der Waals surface area (Å²) in [7, 11) is 0. The molecule has 5 nitrogen and oxygen atoms in total. The zero-order valence-corrected chi connectivity index (χ0v) is 28.2. The number of fused-ring (bicyclic) bond motifs is 13. The highest BCUT2D eigenvalue weighted by atomic mass is 16.3. The molecule has 3 heterocycles. The molecule has 3 aromatic heterocycles. The van der Waals surface area contributed by atoms with Gasteiger partial charge in [-0.1, -0.05) is 91.0 Å². The van der Waals surface area contributed by atoms with E-state index in [2.05, 4.69) is 161 Å². The van der Waals surface area contributed by atoms with Crippen molar-refractivity contribution in [1.82, 2.24) is 9.13 Å². The molecule has 11 aromatic rings. The molecule has 0 unspecified atom stereocenters. The van der Waals surface area contributed by atoms with Gasteiger partial charge in [0, 0.05) is 38.3 Å². The zero-order valence-electron chi connectivity index (χ0n) is 28.2. The molecule has 0 amide bonds. The van der Waals surface area contributed by atoms with Gasteiger partial charge in [0.2, 0.25) is 0 Å². The van der Waals surface area contributed by atoms with Gasteiger partial charge < -0.3 is 13.6 Å². The monoisotopic (exact) mass is 674 g/mol. The van der Waals surface area contributed by atoms with Gasteiger partial charge in [-0.15, -0.1) is 0 Å². The van der Waals surface area contributed by atoms with Crippen LogP contribution in [0.25, 0.3) is 98.8 Å². The maximum atomic E-state index is 9.58. The fourth-order valence-electron chi connectivity index (χ4n) is 8.44. The van der Waals surface area contributed by atoms with Crippen LogP contribution in [0.4, 0.5) is 0 Å². The summed E-state index contributed by atoms with van der Waals surface area (Å²) in [5.74, 6) is 0. The Hall–Kier alpha value is -7.60. The van der Waals surface area contributed by atoms with Crippen molar-refractivity contribution in [2.24, 2.45) is 0 Å². The lowest BCUT2D eigenvalue weighted by Gasteiger charge is -2.10. The normalized spacial score (nSPS) is 11.7. The maximum Gasteiger partial charge on any atom is 0.145 e. The van der Waals surface area contributed by atoms with Crippen LogP contribution in [-0.4, -0.2) is 9.13 Å². The van der Waals surface area contributed by atoms with Crippen LogP contribution in [0.1, 0.15) is 11.1 Å². The molecule has 0 saturated heterocycles. The lowest BCUT2D eigenvalue weighted by Crippen LogP contribution is -1.94. The molecule has 0 aliphatic rings. The van der Waals surface area contributed by atoms with Gasteiger partial charge in [-0.3, -0.25) is 0 Å². The van der Waals surface area contributed by atoms with Crippen molar-refractivity contribution in [3.05, 3.63) is 169 Å². The molecule has 244 valence electrons. The highest BCUT2D eigenvalue weighted by molar-refractivity contribution is 6.30. The highest BCUT2D eigenvalue weighted by Crippen LogP contribution is 2.45. The van der Waals surface area contributed by atoms with Crippen LogP contribution in [0.5, 0.6) is 0 Å². The average molecular weight is 675 g/mol. The average Bonchev–Trinajstić information content (AvgIpc) is 3.89. The number of nitriles is 2. The van der Waals surface area contributed by atoms with E-state index in [1.165, 1.54) is 16.3 Å². The van der Waals surface area contributed by atoms with Gasteiger partial charge in [0.1, 0.15) is 23.3 Å². The van der Waals surface area contributed by atoms with E-state index in [-0.39, 0.29) is 0 Å². The van der Waals surface area contributed by atoms with E-state index in [0.717, 1.165) is 82.5 Å². The van der Waals surface area contributed by atoms with Crippen LogP contribution < -0.4 is 0 Å². The third-order valence-corrected chi connectivity index (χ3v) is 10.8. The molecule has 0 radical (unpaired) electrons. The second-order valence-corrected chi connectivity index (χ2v) is 13.5. The summed E-state index contributed by atoms with van der Waals surface area (Å²) >= 11 is 0. The molecule has 0 atom stereocenters. The van der Waals surface area contributed by atoms with Gasteiger partial charge in [0.05, 0.1) is 44.0 Å². The standard InChI is InChI=1S/C48H26N4O/c49-27-32-15-14-31(26-33(32)28-50)29-16-19-35(20-17-29)51-41-13-7-6-12-39(41)44-42(51)24-22-37-38-23-25-43-45(48(38)53-47(37)44)40-21-18-30-8-4-5-11-36(30)46(40)52(43)34-9-2-1-3-10-34/h1-26H. The number of hydrogen-bond donors (Lipinski definition) is 0. The summed E-state index contributed by atoms with van der Waals surface area (Å²) in [4.78, 5) is 0. The SMILES string of the molecule is N#Cc1ccc(-c2ccc(-n3c4ccccc4c4c5oc6c(ccc7c6c6ccc8ccccc8c6n7-c6ccccc6)c5ccc43)cc2)cc1C#N. The van der Waals surface area contributed by atoms with E-state index < -0.39 is 0 Å². The van der Waals surface area contributed by atoms with E-state index in [1.807, 2.05) is 6.07 Å². The molecule has 0 spiro atoms. The number of hydrogen-bond acceptors (Lipinski definition) is 3. The van der Waals surface area contributed by atoms with Crippen LogP contribution >= 0.6 is 0 Å². The van der Waals surface area contributed by atoms with E-state index in [1.54, 1.807) is 12.1 Å². The molecule has 0 fully saturated rings. The summed E-state index contributed by atoms with van der Waals surface area (Å²) in [5.41, 5.74) is 10.9. The Morgan fingerprint density at radius 1 is 0.415 bits per heavy atom. The summed E-state index contributed by atoms with van der Waals surface area (Å²) in [5, 5.41) is 28.0. The smallest absolute Gasteiger partial charge is 0.145 e. The molecule has 53 heavy (non-hydrogen) atoms. The first-order chi connectivity index (χ1) is 26.2. The molecule has 0 aliphatic carbocycles. The number of rotatable bonds is 3. The van der Waals surface area contributed by atoms with Crippen molar-refractivity contribution in [1.29, 1.82) is 10.5 Å². The number of benzene rings is 8. The molecule has 8 aromatic carbocycles. The van der Waals surface area contributed by atoms with E-state index in [9.17, 15) is 10.5 Å². The summed E-state index contributed by atoms with van der Waals surface area (Å²) < 4.78 is 11.8. The van der Waals surface area contributed by atoms with E-state index >= 15 is 0 Å². The third-order valence-electron chi connectivity index (χ3n) is 10.8. The van der Waals surface area contributed by atoms with Crippen molar-refractivity contribution in [2.45, 2.75) is 0 Å². The summed E-state index contributed by atoms with van der Waals surface area (Å²) in [6, 6.07) is 59.0. The third kappa shape index (κ3) is 4.05. The van der Waals surface area contributed by atoms with Crippen LogP contribution in [0, 0.1) is 22.7 Å². The number of furan rings is 1. The van der Waals surface area contributed by atoms with Crippen molar-refractivity contribution in [3.8, 4) is 34.6 Å². The van der Waals surface area contributed by atoms with Crippen LogP contribution in [0.15, 0.2) is 162 Å². The fourth-order valence-corrected chi connectivity index (χ4v) is 8.44. The Morgan fingerprint density at radius 3 is 1.77 bits per heavy atom. The molecule has 11 rings (SSSR count). The predicted molar refractivity (Wildman–Crippen MR) is 215 cm³/mol. The number of para-hydroxylation sites is 2. The topological polar surface area (TPSA) is 70.6 Å². The number of nitrogens with zero attached hydrogens (tertiary/aromatic N) is 4. The Bertz CT molecular complexity index is 3400. The maximum absolute atomic E-state index is 9.58. The minimum absolute atomic E-state index is 0.376. The van der Waals surface area contributed by atoms with Gasteiger partial charge in [-0.05, 0) is 83.2 Å². The first kappa shape index (κ1) is 29.2. The minimum atomic E-state index is 0.376. The molecule has 0 N–H and O–H groups in total. The van der Waals surface area contributed by atoms with Gasteiger partial charge in [-0.2, -0.15) is 10.5 Å². The first-order valence-electron chi connectivity index (χ1n) is 17.6. The summed E-state index contributed by atoms with van der Waals surface area (Å²) in [6.07, 6.45) is 0.